The largest absolute Gasteiger partial charge is 0.349 e. The van der Waals surface area contributed by atoms with Crippen molar-refractivity contribution >= 4 is 11.4 Å². The van der Waals surface area contributed by atoms with Crippen LogP contribution in [0.25, 0.3) is 0 Å². The summed E-state index contributed by atoms with van der Waals surface area (Å²) < 4.78 is 11.5. The maximum Gasteiger partial charge on any atom is 0.269 e. The molecule has 2 aliphatic rings. The van der Waals surface area contributed by atoms with Crippen LogP contribution in [0.2, 0.25) is 0 Å². The first kappa shape index (κ1) is 22.4. The molecule has 3 aromatic rings. The maximum absolute atomic E-state index is 11.1. The summed E-state index contributed by atoms with van der Waals surface area (Å²) >= 11 is 0. The summed E-state index contributed by atoms with van der Waals surface area (Å²) in [6.07, 6.45) is -0.495. The molecule has 7 heteroatoms. The van der Waals surface area contributed by atoms with E-state index >= 15 is 0 Å². The van der Waals surface area contributed by atoms with E-state index in [1.807, 2.05) is 56.3 Å². The van der Waals surface area contributed by atoms with Crippen molar-refractivity contribution < 1.29 is 14.4 Å². The van der Waals surface area contributed by atoms with Crippen molar-refractivity contribution in [3.8, 4) is 0 Å². The van der Waals surface area contributed by atoms with E-state index in [1.54, 1.807) is 12.1 Å². The number of nitrogens with zero attached hydrogens (tertiary/aromatic N) is 3. The second-order valence-corrected chi connectivity index (χ2v) is 8.35. The predicted molar refractivity (Wildman–Crippen MR) is 130 cm³/mol. The molecule has 0 aromatic heterocycles. The fourth-order valence-electron chi connectivity index (χ4n) is 4.73. The molecule has 2 heterocycles. The number of nitro groups is 1. The van der Waals surface area contributed by atoms with Crippen molar-refractivity contribution in [2.75, 3.05) is 13.2 Å². The van der Waals surface area contributed by atoms with Crippen LogP contribution in [0, 0.1) is 10.1 Å². The number of fused-ring (bicyclic) bond motifs is 1. The van der Waals surface area contributed by atoms with E-state index in [0.29, 0.717) is 13.2 Å². The number of aliphatic imine (C=N–C) groups is 1. The number of benzene rings is 3. The molecule has 2 aliphatic heterocycles. The number of nitro benzene ring substituents is 1. The topological polar surface area (TPSA) is 77.0 Å². The third kappa shape index (κ3) is 4.14. The quantitative estimate of drug-likeness (QED) is 0.181. The Hall–Kier alpha value is -3.39. The Morgan fingerprint density at radius 1 is 0.882 bits per heavy atom. The minimum Gasteiger partial charge on any atom is -0.349 e. The highest BCUT2D eigenvalue weighted by atomic mass is 16.7. The van der Waals surface area contributed by atoms with E-state index in [9.17, 15) is 10.1 Å². The molecule has 0 bridgehead atoms. The first-order valence-corrected chi connectivity index (χ1v) is 11.6. The van der Waals surface area contributed by atoms with Crippen LogP contribution in [0.3, 0.4) is 0 Å². The molecular formula is C27H27N3O4. The summed E-state index contributed by atoms with van der Waals surface area (Å²) in [5, 5.41) is 11.1. The van der Waals surface area contributed by atoms with Gasteiger partial charge in [0.15, 0.2) is 6.29 Å². The Balaban J connectivity index is 1.45. The lowest BCUT2D eigenvalue weighted by Crippen LogP contribution is -2.10. The highest BCUT2D eigenvalue weighted by Gasteiger charge is 2.59. The maximum atomic E-state index is 11.1. The Labute approximate surface area is 198 Å². The van der Waals surface area contributed by atoms with Gasteiger partial charge in [-0.1, -0.05) is 66.7 Å². The van der Waals surface area contributed by atoms with E-state index in [2.05, 4.69) is 29.2 Å². The standard InChI is InChI=1S/C27H27N3O4/c1-3-33-27(34-4-2)21-12-10-20(11-13-21)26-28-23(18-8-6-5-7-9-18)25-24(29(25)26)19-14-16-22(17-15-19)30(31)32/h5-17,24-27H,3-4H2,1-2H3/t24-,25+,26+,29?/m0/s1. The van der Waals surface area contributed by atoms with Gasteiger partial charge >= 0.3 is 0 Å². The van der Waals surface area contributed by atoms with Crippen molar-refractivity contribution in [3.63, 3.8) is 0 Å². The highest BCUT2D eigenvalue weighted by Crippen LogP contribution is 2.55. The molecule has 0 aliphatic carbocycles. The van der Waals surface area contributed by atoms with Crippen molar-refractivity contribution in [1.82, 2.24) is 4.90 Å². The molecule has 1 unspecified atom stereocenters. The van der Waals surface area contributed by atoms with Gasteiger partial charge in [0.1, 0.15) is 6.17 Å². The first-order chi connectivity index (χ1) is 16.6. The minimum atomic E-state index is -0.377. The lowest BCUT2D eigenvalue weighted by Gasteiger charge is -2.19. The molecular weight excluding hydrogens is 430 g/mol. The van der Waals surface area contributed by atoms with E-state index < -0.39 is 0 Å². The summed E-state index contributed by atoms with van der Waals surface area (Å²) in [5.74, 6) is 0. The lowest BCUT2D eigenvalue weighted by atomic mass is 10.0. The molecule has 0 radical (unpaired) electrons. The normalized spacial score (nSPS) is 23.0. The van der Waals surface area contributed by atoms with Gasteiger partial charge < -0.3 is 9.47 Å². The van der Waals surface area contributed by atoms with Crippen molar-refractivity contribution in [3.05, 3.63) is 111 Å². The zero-order valence-electron chi connectivity index (χ0n) is 19.2. The summed E-state index contributed by atoms with van der Waals surface area (Å²) in [6.45, 7) is 5.06. The van der Waals surface area contributed by atoms with Crippen LogP contribution in [-0.2, 0) is 9.47 Å². The summed E-state index contributed by atoms with van der Waals surface area (Å²) in [4.78, 5) is 18.2. The molecule has 3 aromatic carbocycles. The second kappa shape index (κ2) is 9.46. The molecule has 5 rings (SSSR count). The zero-order valence-corrected chi connectivity index (χ0v) is 19.2. The van der Waals surface area contributed by atoms with Crippen LogP contribution < -0.4 is 0 Å². The Morgan fingerprint density at radius 2 is 1.50 bits per heavy atom. The summed E-state index contributed by atoms with van der Waals surface area (Å²) in [6, 6.07) is 25.6. The summed E-state index contributed by atoms with van der Waals surface area (Å²) in [7, 11) is 0. The molecule has 7 nitrogen and oxygen atoms in total. The van der Waals surface area contributed by atoms with Gasteiger partial charge in [-0.15, -0.1) is 0 Å². The van der Waals surface area contributed by atoms with E-state index in [0.717, 1.165) is 28.0 Å². The van der Waals surface area contributed by atoms with Crippen molar-refractivity contribution in [2.24, 2.45) is 4.99 Å². The van der Waals surface area contributed by atoms with Gasteiger partial charge in [0.05, 0.1) is 22.7 Å². The molecule has 0 spiro atoms. The van der Waals surface area contributed by atoms with Crippen LogP contribution in [0.4, 0.5) is 5.69 Å². The average molecular weight is 458 g/mol. The van der Waals surface area contributed by atoms with Crippen LogP contribution >= 0.6 is 0 Å². The number of hydrogen-bond acceptors (Lipinski definition) is 6. The van der Waals surface area contributed by atoms with Crippen molar-refractivity contribution in [2.45, 2.75) is 38.4 Å². The predicted octanol–water partition coefficient (Wildman–Crippen LogP) is 5.59. The Kier molecular flexibility index (Phi) is 6.24. The molecule has 0 N–H and O–H groups in total. The molecule has 0 saturated carbocycles. The second-order valence-electron chi connectivity index (χ2n) is 8.35. The number of hydrogen-bond donors (Lipinski definition) is 0. The third-order valence-electron chi connectivity index (χ3n) is 6.33. The van der Waals surface area contributed by atoms with Gasteiger partial charge in [0.25, 0.3) is 5.69 Å². The molecule has 0 amide bonds. The van der Waals surface area contributed by atoms with Gasteiger partial charge in [-0.2, -0.15) is 0 Å². The van der Waals surface area contributed by atoms with Gasteiger partial charge in [-0.05, 0) is 30.5 Å². The zero-order chi connectivity index (χ0) is 23.7. The average Bonchev–Trinajstić information content (AvgIpc) is 3.48. The van der Waals surface area contributed by atoms with Gasteiger partial charge in [-0.3, -0.25) is 20.0 Å². The SMILES string of the molecule is CCOC(OCC)c1ccc([C@@H]2N=C(c3ccccc3)[C@@H]3[C@H](c4ccc([N+](=O)[O-])cc4)N32)cc1. The van der Waals surface area contributed by atoms with Gasteiger partial charge in [-0.25, -0.2) is 0 Å². The number of rotatable bonds is 9. The molecule has 34 heavy (non-hydrogen) atoms. The molecule has 1 fully saturated rings. The van der Waals surface area contributed by atoms with E-state index in [-0.39, 0.29) is 35.2 Å². The number of non-ortho nitro benzene ring substituents is 1. The van der Waals surface area contributed by atoms with Crippen LogP contribution in [0.15, 0.2) is 83.9 Å². The fourth-order valence-corrected chi connectivity index (χ4v) is 4.73. The molecule has 1 saturated heterocycles. The monoisotopic (exact) mass is 457 g/mol. The number of ether oxygens (including phenoxy) is 2. The fraction of sp³-hybridized carbons (Fsp3) is 0.296. The van der Waals surface area contributed by atoms with Gasteiger partial charge in [0.2, 0.25) is 0 Å². The first-order valence-electron chi connectivity index (χ1n) is 11.6. The lowest BCUT2D eigenvalue weighted by molar-refractivity contribution is -0.384. The smallest absolute Gasteiger partial charge is 0.269 e. The van der Waals surface area contributed by atoms with Gasteiger partial charge in [0, 0.05) is 30.9 Å². The minimum absolute atomic E-state index is 0.104. The molecule has 174 valence electrons. The van der Waals surface area contributed by atoms with Crippen LogP contribution in [0.5, 0.6) is 0 Å². The molecule has 4 atom stereocenters. The third-order valence-corrected chi connectivity index (χ3v) is 6.33. The Morgan fingerprint density at radius 3 is 2.09 bits per heavy atom. The van der Waals surface area contributed by atoms with E-state index in [1.165, 1.54) is 0 Å². The van der Waals surface area contributed by atoms with Crippen molar-refractivity contribution in [1.29, 1.82) is 0 Å². The highest BCUT2D eigenvalue weighted by molar-refractivity contribution is 6.08. The van der Waals surface area contributed by atoms with Crippen LogP contribution in [-0.4, -0.2) is 34.8 Å². The van der Waals surface area contributed by atoms with Crippen LogP contribution in [0.1, 0.15) is 54.6 Å². The Bertz CT molecular complexity index is 1170. The van der Waals surface area contributed by atoms with E-state index in [4.69, 9.17) is 14.5 Å². The summed E-state index contributed by atoms with van der Waals surface area (Å²) in [5.41, 5.74) is 5.40.